The van der Waals surface area contributed by atoms with Gasteiger partial charge in [0.25, 0.3) is 0 Å². The molecule has 1 atom stereocenters. The van der Waals surface area contributed by atoms with E-state index in [-0.39, 0.29) is 5.54 Å². The molecule has 0 amide bonds. The molecule has 0 radical (unpaired) electrons. The van der Waals surface area contributed by atoms with E-state index in [2.05, 4.69) is 22.9 Å². The first-order valence-corrected chi connectivity index (χ1v) is 5.19. The first-order chi connectivity index (χ1) is 6.77. The van der Waals surface area contributed by atoms with Crippen molar-refractivity contribution in [2.45, 2.75) is 12.0 Å². The van der Waals surface area contributed by atoms with Gasteiger partial charge in [-0.25, -0.2) is 0 Å². The lowest BCUT2D eigenvalue weighted by Gasteiger charge is -2.38. The fourth-order valence-electron chi connectivity index (χ4n) is 2.39. The number of ether oxygens (including phenoxy) is 1. The predicted molar refractivity (Wildman–Crippen MR) is 52.9 cm³/mol. The summed E-state index contributed by atoms with van der Waals surface area (Å²) < 4.78 is 5.31. The van der Waals surface area contributed by atoms with Crippen LogP contribution in [0.5, 0.6) is 0 Å². The van der Waals surface area contributed by atoms with Gasteiger partial charge in [-0.1, -0.05) is 0 Å². The molecule has 2 heterocycles. The van der Waals surface area contributed by atoms with E-state index in [0.29, 0.717) is 0 Å². The van der Waals surface area contributed by atoms with Crippen molar-refractivity contribution in [3.63, 3.8) is 0 Å². The minimum atomic E-state index is -0.238. The second-order valence-electron chi connectivity index (χ2n) is 4.23. The van der Waals surface area contributed by atoms with Crippen LogP contribution in [0.15, 0.2) is 0 Å². The van der Waals surface area contributed by atoms with Gasteiger partial charge in [-0.2, -0.15) is 5.26 Å². The third-order valence-corrected chi connectivity index (χ3v) is 3.26. The van der Waals surface area contributed by atoms with Crippen LogP contribution >= 0.6 is 0 Å². The second-order valence-corrected chi connectivity index (χ2v) is 4.23. The van der Waals surface area contributed by atoms with Crippen LogP contribution in [-0.4, -0.2) is 61.8 Å². The number of morpholine rings is 1. The van der Waals surface area contributed by atoms with E-state index >= 15 is 0 Å². The van der Waals surface area contributed by atoms with Crippen molar-refractivity contribution in [2.24, 2.45) is 0 Å². The number of nitriles is 1. The summed E-state index contributed by atoms with van der Waals surface area (Å²) in [5.74, 6) is 0. The third kappa shape index (κ3) is 1.63. The van der Waals surface area contributed by atoms with Gasteiger partial charge in [0.1, 0.15) is 5.54 Å². The molecule has 0 spiro atoms. The fourth-order valence-corrected chi connectivity index (χ4v) is 2.39. The quantitative estimate of drug-likeness (QED) is 0.586. The summed E-state index contributed by atoms with van der Waals surface area (Å²) in [6, 6.07) is 2.51. The standard InChI is InChI=1S/C10H17N3O/c1-12-3-2-10(8-11,9-12)13-4-6-14-7-5-13/h2-7,9H2,1H3. The zero-order chi connectivity index (χ0) is 10.0. The lowest BCUT2D eigenvalue weighted by Crippen LogP contribution is -2.53. The average Bonchev–Trinajstić information content (AvgIpc) is 2.63. The molecule has 0 aliphatic carbocycles. The van der Waals surface area contributed by atoms with Crippen molar-refractivity contribution in [1.29, 1.82) is 5.26 Å². The van der Waals surface area contributed by atoms with Crippen LogP contribution in [-0.2, 0) is 4.74 Å². The van der Waals surface area contributed by atoms with Gasteiger partial charge >= 0.3 is 0 Å². The maximum absolute atomic E-state index is 9.33. The molecule has 0 aromatic rings. The van der Waals surface area contributed by atoms with E-state index in [0.717, 1.165) is 45.8 Å². The summed E-state index contributed by atoms with van der Waals surface area (Å²) in [6.45, 7) is 5.26. The molecule has 0 N–H and O–H groups in total. The maximum atomic E-state index is 9.33. The highest BCUT2D eigenvalue weighted by Crippen LogP contribution is 2.27. The molecule has 4 nitrogen and oxygen atoms in total. The average molecular weight is 195 g/mol. The van der Waals surface area contributed by atoms with E-state index in [9.17, 15) is 5.26 Å². The molecule has 78 valence electrons. The molecule has 4 heteroatoms. The van der Waals surface area contributed by atoms with Gasteiger partial charge in [-0.3, -0.25) is 4.90 Å². The SMILES string of the molecule is CN1CCC(C#N)(N2CCOCC2)C1. The van der Waals surface area contributed by atoms with Gasteiger partial charge < -0.3 is 9.64 Å². The molecule has 0 aromatic carbocycles. The second kappa shape index (κ2) is 3.85. The summed E-state index contributed by atoms with van der Waals surface area (Å²) in [7, 11) is 2.08. The topological polar surface area (TPSA) is 39.5 Å². The summed E-state index contributed by atoms with van der Waals surface area (Å²) in [5.41, 5.74) is -0.238. The third-order valence-electron chi connectivity index (χ3n) is 3.26. The first-order valence-electron chi connectivity index (χ1n) is 5.19. The number of hydrogen-bond acceptors (Lipinski definition) is 4. The van der Waals surface area contributed by atoms with Crippen LogP contribution in [0.4, 0.5) is 0 Å². The summed E-state index contributed by atoms with van der Waals surface area (Å²) >= 11 is 0. The molecule has 14 heavy (non-hydrogen) atoms. The van der Waals surface area contributed by atoms with Gasteiger partial charge in [-0.15, -0.1) is 0 Å². The predicted octanol–water partition coefficient (Wildman–Crippen LogP) is -0.0835. The zero-order valence-electron chi connectivity index (χ0n) is 8.70. The largest absolute Gasteiger partial charge is 0.379 e. The Morgan fingerprint density at radius 3 is 2.50 bits per heavy atom. The van der Waals surface area contributed by atoms with Crippen LogP contribution in [0.2, 0.25) is 0 Å². The maximum Gasteiger partial charge on any atom is 0.123 e. The summed E-state index contributed by atoms with van der Waals surface area (Å²) in [5, 5.41) is 9.33. The van der Waals surface area contributed by atoms with Gasteiger partial charge in [-0.05, 0) is 13.5 Å². The Hall–Kier alpha value is -0.630. The van der Waals surface area contributed by atoms with Crippen LogP contribution < -0.4 is 0 Å². The van der Waals surface area contributed by atoms with Gasteiger partial charge in [0.2, 0.25) is 0 Å². The van der Waals surface area contributed by atoms with E-state index in [4.69, 9.17) is 4.74 Å². The fraction of sp³-hybridized carbons (Fsp3) is 0.900. The van der Waals surface area contributed by atoms with E-state index in [1.54, 1.807) is 0 Å². The molecule has 0 aromatic heterocycles. The lowest BCUT2D eigenvalue weighted by molar-refractivity contribution is -0.0000567. The van der Waals surface area contributed by atoms with Crippen LogP contribution in [0, 0.1) is 11.3 Å². The Morgan fingerprint density at radius 2 is 2.00 bits per heavy atom. The Kier molecular flexibility index (Phi) is 2.73. The Bertz CT molecular complexity index is 244. The molecule has 1 unspecified atom stereocenters. The van der Waals surface area contributed by atoms with Crippen LogP contribution in [0.3, 0.4) is 0 Å². The van der Waals surface area contributed by atoms with Gasteiger partial charge in [0.15, 0.2) is 0 Å². The molecule has 2 saturated heterocycles. The van der Waals surface area contributed by atoms with Crippen molar-refractivity contribution >= 4 is 0 Å². The molecule has 0 saturated carbocycles. The number of rotatable bonds is 1. The first kappa shape index (κ1) is 9.91. The smallest absolute Gasteiger partial charge is 0.123 e. The minimum Gasteiger partial charge on any atom is -0.379 e. The number of likely N-dealkylation sites (N-methyl/N-ethyl adjacent to an activating group) is 1. The highest BCUT2D eigenvalue weighted by molar-refractivity contribution is 5.13. The van der Waals surface area contributed by atoms with E-state index in [1.807, 2.05) is 0 Å². The van der Waals surface area contributed by atoms with Crippen molar-refractivity contribution < 1.29 is 4.74 Å². The van der Waals surface area contributed by atoms with Crippen molar-refractivity contribution in [3.8, 4) is 6.07 Å². The molecule has 2 rings (SSSR count). The van der Waals surface area contributed by atoms with Crippen LogP contribution in [0.25, 0.3) is 0 Å². The normalized spacial score (nSPS) is 35.7. The monoisotopic (exact) mass is 195 g/mol. The van der Waals surface area contributed by atoms with E-state index in [1.165, 1.54) is 0 Å². The molecular formula is C10H17N3O. The van der Waals surface area contributed by atoms with Gasteiger partial charge in [0.05, 0.1) is 19.3 Å². The highest BCUT2D eigenvalue weighted by Gasteiger charge is 2.42. The summed E-state index contributed by atoms with van der Waals surface area (Å²) in [6.07, 6.45) is 0.972. The lowest BCUT2D eigenvalue weighted by atomic mass is 9.97. The van der Waals surface area contributed by atoms with E-state index < -0.39 is 0 Å². The number of likely N-dealkylation sites (tertiary alicyclic amines) is 1. The van der Waals surface area contributed by atoms with Crippen LogP contribution in [0.1, 0.15) is 6.42 Å². The molecule has 2 aliphatic rings. The Morgan fingerprint density at radius 1 is 1.29 bits per heavy atom. The van der Waals surface area contributed by atoms with Gasteiger partial charge in [0, 0.05) is 26.2 Å². The highest BCUT2D eigenvalue weighted by atomic mass is 16.5. The van der Waals surface area contributed by atoms with Crippen molar-refractivity contribution in [3.05, 3.63) is 0 Å². The van der Waals surface area contributed by atoms with Crippen molar-refractivity contribution in [2.75, 3.05) is 46.4 Å². The number of hydrogen-bond donors (Lipinski definition) is 0. The Balaban J connectivity index is 2.08. The minimum absolute atomic E-state index is 0.238. The molecular weight excluding hydrogens is 178 g/mol. The number of nitrogens with zero attached hydrogens (tertiary/aromatic N) is 3. The zero-order valence-corrected chi connectivity index (χ0v) is 8.70. The molecule has 0 bridgehead atoms. The Labute approximate surface area is 85.0 Å². The molecule has 2 aliphatic heterocycles. The van der Waals surface area contributed by atoms with Crippen molar-refractivity contribution in [1.82, 2.24) is 9.80 Å². The summed E-state index contributed by atoms with van der Waals surface area (Å²) in [4.78, 5) is 4.53. The molecule has 2 fully saturated rings.